The molecule has 0 radical (unpaired) electrons. The van der Waals surface area contributed by atoms with Crippen LogP contribution in [0.2, 0.25) is 0 Å². The smallest absolute Gasteiger partial charge is 0.225 e. The highest BCUT2D eigenvalue weighted by Gasteiger charge is 2.10. The molecule has 0 saturated heterocycles. The molecule has 0 spiro atoms. The molecule has 0 unspecified atom stereocenters. The van der Waals surface area contributed by atoms with Gasteiger partial charge < -0.3 is 5.32 Å². The maximum atomic E-state index is 11.3. The van der Waals surface area contributed by atoms with Gasteiger partial charge in [-0.25, -0.2) is 0 Å². The Kier molecular flexibility index (Phi) is 2.41. The minimum absolute atomic E-state index is 0.0150. The summed E-state index contributed by atoms with van der Waals surface area (Å²) in [5.41, 5.74) is 1.88. The van der Waals surface area contributed by atoms with E-state index in [0.29, 0.717) is 6.42 Å². The lowest BCUT2D eigenvalue weighted by atomic mass is 10.1. The maximum Gasteiger partial charge on any atom is 0.225 e. The largest absolute Gasteiger partial charge is 0.359 e. The average molecular weight is 203 g/mol. The van der Waals surface area contributed by atoms with Gasteiger partial charge in [-0.15, -0.1) is 0 Å². The molecule has 0 saturated carbocycles. The lowest BCUT2D eigenvalue weighted by Crippen LogP contribution is -2.20. The zero-order valence-electron chi connectivity index (χ0n) is 8.82. The molecule has 78 valence electrons. The molecule has 1 heterocycles. The zero-order chi connectivity index (χ0) is 10.8. The number of hydrogen-bond acceptors (Lipinski definition) is 2. The zero-order valence-corrected chi connectivity index (χ0v) is 8.82. The van der Waals surface area contributed by atoms with Gasteiger partial charge in [0.15, 0.2) is 0 Å². The third-order valence-electron chi connectivity index (χ3n) is 2.44. The molecule has 0 bridgehead atoms. The lowest BCUT2D eigenvalue weighted by Gasteiger charge is -1.95. The van der Waals surface area contributed by atoms with Crippen molar-refractivity contribution in [2.75, 3.05) is 7.05 Å². The Morgan fingerprint density at radius 1 is 1.47 bits per heavy atom. The number of amides is 1. The molecule has 0 aliphatic carbocycles. The SMILES string of the molecule is CNC(=O)Cc1nn(C)c2ccccc12. The van der Waals surface area contributed by atoms with Gasteiger partial charge in [-0.2, -0.15) is 5.10 Å². The number of likely N-dealkylation sites (N-methyl/N-ethyl adjacent to an activating group) is 1. The fourth-order valence-electron chi connectivity index (χ4n) is 1.66. The fourth-order valence-corrected chi connectivity index (χ4v) is 1.66. The van der Waals surface area contributed by atoms with Gasteiger partial charge in [0.2, 0.25) is 5.91 Å². The van der Waals surface area contributed by atoms with Crippen molar-refractivity contribution in [1.29, 1.82) is 0 Å². The van der Waals surface area contributed by atoms with Crippen LogP contribution in [0.1, 0.15) is 5.69 Å². The van der Waals surface area contributed by atoms with E-state index in [9.17, 15) is 4.79 Å². The molecule has 1 aromatic heterocycles. The Hall–Kier alpha value is -1.84. The van der Waals surface area contributed by atoms with Gasteiger partial charge in [-0.3, -0.25) is 9.48 Å². The molecular weight excluding hydrogens is 190 g/mol. The van der Waals surface area contributed by atoms with Gasteiger partial charge in [0.25, 0.3) is 0 Å². The molecule has 2 rings (SSSR count). The van der Waals surface area contributed by atoms with Gasteiger partial charge in [0, 0.05) is 19.5 Å². The van der Waals surface area contributed by atoms with E-state index < -0.39 is 0 Å². The second kappa shape index (κ2) is 3.73. The third kappa shape index (κ3) is 1.70. The van der Waals surface area contributed by atoms with Crippen LogP contribution in [0.3, 0.4) is 0 Å². The molecule has 0 atom stereocenters. The quantitative estimate of drug-likeness (QED) is 0.787. The Labute approximate surface area is 87.9 Å². The molecule has 1 amide bonds. The van der Waals surface area contributed by atoms with Crippen LogP contribution < -0.4 is 5.32 Å². The van der Waals surface area contributed by atoms with E-state index in [-0.39, 0.29) is 5.91 Å². The van der Waals surface area contributed by atoms with Crippen LogP contribution >= 0.6 is 0 Å². The summed E-state index contributed by atoms with van der Waals surface area (Å²) >= 11 is 0. The Balaban J connectivity index is 2.48. The molecule has 2 aromatic rings. The summed E-state index contributed by atoms with van der Waals surface area (Å²) in [5.74, 6) is -0.0150. The van der Waals surface area contributed by atoms with E-state index in [4.69, 9.17) is 0 Å². The highest BCUT2D eigenvalue weighted by Crippen LogP contribution is 2.17. The molecule has 4 nitrogen and oxygen atoms in total. The van der Waals surface area contributed by atoms with Crippen LogP contribution in [0.5, 0.6) is 0 Å². The van der Waals surface area contributed by atoms with Crippen molar-refractivity contribution in [2.24, 2.45) is 7.05 Å². The van der Waals surface area contributed by atoms with E-state index in [1.54, 1.807) is 11.7 Å². The van der Waals surface area contributed by atoms with Crippen molar-refractivity contribution >= 4 is 16.8 Å². The number of fused-ring (bicyclic) bond motifs is 1. The second-order valence-corrected chi connectivity index (χ2v) is 3.44. The van der Waals surface area contributed by atoms with Crippen LogP contribution in [-0.4, -0.2) is 22.7 Å². The number of benzene rings is 1. The number of rotatable bonds is 2. The normalized spacial score (nSPS) is 10.5. The molecule has 15 heavy (non-hydrogen) atoms. The van der Waals surface area contributed by atoms with Crippen LogP contribution in [0.25, 0.3) is 10.9 Å². The van der Waals surface area contributed by atoms with Crippen molar-refractivity contribution in [3.8, 4) is 0 Å². The first-order chi connectivity index (χ1) is 7.22. The predicted molar refractivity (Wildman–Crippen MR) is 58.5 cm³/mol. The first kappa shape index (κ1) is 9.71. The lowest BCUT2D eigenvalue weighted by molar-refractivity contribution is -0.119. The number of aryl methyl sites for hydroxylation is 1. The second-order valence-electron chi connectivity index (χ2n) is 3.44. The number of nitrogens with zero attached hydrogens (tertiary/aromatic N) is 2. The predicted octanol–water partition coefficient (Wildman–Crippen LogP) is 0.862. The van der Waals surface area contributed by atoms with Crippen molar-refractivity contribution < 1.29 is 4.79 Å². The molecule has 0 aliphatic heterocycles. The average Bonchev–Trinajstić information content (AvgIpc) is 2.57. The summed E-state index contributed by atoms with van der Waals surface area (Å²) in [7, 11) is 3.52. The summed E-state index contributed by atoms with van der Waals surface area (Å²) in [4.78, 5) is 11.3. The number of para-hydroxylation sites is 1. The number of carbonyl (C=O) groups is 1. The standard InChI is InChI=1S/C11H13N3O/c1-12-11(15)7-9-8-5-3-4-6-10(8)14(2)13-9/h3-6H,7H2,1-2H3,(H,12,15). The Bertz CT molecular complexity index is 502. The highest BCUT2D eigenvalue weighted by atomic mass is 16.1. The van der Waals surface area contributed by atoms with Gasteiger partial charge in [0.05, 0.1) is 17.6 Å². The van der Waals surface area contributed by atoms with Gasteiger partial charge >= 0.3 is 0 Å². The molecule has 0 aliphatic rings. The van der Waals surface area contributed by atoms with Gasteiger partial charge in [-0.05, 0) is 6.07 Å². The monoisotopic (exact) mass is 203 g/mol. The van der Waals surface area contributed by atoms with Crippen LogP contribution in [0.4, 0.5) is 0 Å². The topological polar surface area (TPSA) is 46.9 Å². The van der Waals surface area contributed by atoms with Crippen molar-refractivity contribution in [1.82, 2.24) is 15.1 Å². The van der Waals surface area contributed by atoms with Crippen molar-refractivity contribution in [3.63, 3.8) is 0 Å². The summed E-state index contributed by atoms with van der Waals surface area (Å²) in [6, 6.07) is 7.90. The first-order valence-corrected chi connectivity index (χ1v) is 4.83. The Morgan fingerprint density at radius 3 is 2.93 bits per heavy atom. The van der Waals surface area contributed by atoms with Crippen LogP contribution in [-0.2, 0) is 18.3 Å². The van der Waals surface area contributed by atoms with E-state index in [1.807, 2.05) is 31.3 Å². The van der Waals surface area contributed by atoms with E-state index >= 15 is 0 Å². The maximum absolute atomic E-state index is 11.3. The van der Waals surface area contributed by atoms with Gasteiger partial charge in [-0.1, -0.05) is 18.2 Å². The minimum atomic E-state index is -0.0150. The van der Waals surface area contributed by atoms with E-state index in [1.165, 1.54) is 0 Å². The first-order valence-electron chi connectivity index (χ1n) is 4.83. The summed E-state index contributed by atoms with van der Waals surface area (Å²) < 4.78 is 1.80. The summed E-state index contributed by atoms with van der Waals surface area (Å²) in [6.45, 7) is 0. The Morgan fingerprint density at radius 2 is 2.20 bits per heavy atom. The summed E-state index contributed by atoms with van der Waals surface area (Å²) in [5, 5.41) is 7.98. The van der Waals surface area contributed by atoms with Gasteiger partial charge in [0.1, 0.15) is 0 Å². The molecule has 1 N–H and O–H groups in total. The van der Waals surface area contributed by atoms with Crippen molar-refractivity contribution in [2.45, 2.75) is 6.42 Å². The van der Waals surface area contributed by atoms with Crippen LogP contribution in [0.15, 0.2) is 24.3 Å². The number of aromatic nitrogens is 2. The molecule has 4 heteroatoms. The number of carbonyl (C=O) groups excluding carboxylic acids is 1. The van der Waals surface area contributed by atoms with Crippen molar-refractivity contribution in [3.05, 3.63) is 30.0 Å². The molecular formula is C11H13N3O. The minimum Gasteiger partial charge on any atom is -0.359 e. The number of hydrogen-bond donors (Lipinski definition) is 1. The molecule has 1 aromatic carbocycles. The van der Waals surface area contributed by atoms with Crippen LogP contribution in [0, 0.1) is 0 Å². The molecule has 0 fully saturated rings. The highest BCUT2D eigenvalue weighted by molar-refractivity contribution is 5.87. The number of nitrogens with one attached hydrogen (secondary N) is 1. The summed E-state index contributed by atoms with van der Waals surface area (Å²) in [6.07, 6.45) is 0.331. The van der Waals surface area contributed by atoms with E-state index in [0.717, 1.165) is 16.6 Å². The van der Waals surface area contributed by atoms with E-state index in [2.05, 4.69) is 10.4 Å². The third-order valence-corrected chi connectivity index (χ3v) is 2.44. The fraction of sp³-hybridized carbons (Fsp3) is 0.273.